The number of carbonyl (C=O) groups excluding carboxylic acids is 2. The molecule has 0 saturated heterocycles. The highest BCUT2D eigenvalue weighted by Crippen LogP contribution is 2.34. The highest BCUT2D eigenvalue weighted by molar-refractivity contribution is 6.30. The SMILES string of the molecule is COC(=O)C1(NC(=O)Cc2cc(C)c(-c3ccc(Cl)cc3)cc2C)CCCC(C)C1. The van der Waals surface area contributed by atoms with Gasteiger partial charge in [0.05, 0.1) is 13.5 Å². The summed E-state index contributed by atoms with van der Waals surface area (Å²) in [6.07, 6.45) is 3.46. The van der Waals surface area contributed by atoms with Crippen LogP contribution in [0.3, 0.4) is 0 Å². The molecule has 1 amide bonds. The smallest absolute Gasteiger partial charge is 0.331 e. The predicted octanol–water partition coefficient (Wildman–Crippen LogP) is 5.40. The van der Waals surface area contributed by atoms with Crippen molar-refractivity contribution in [3.05, 3.63) is 58.1 Å². The van der Waals surface area contributed by atoms with Crippen LogP contribution in [0.2, 0.25) is 5.02 Å². The quantitative estimate of drug-likeness (QED) is 0.649. The zero-order valence-electron chi connectivity index (χ0n) is 18.2. The number of rotatable bonds is 5. The summed E-state index contributed by atoms with van der Waals surface area (Å²) >= 11 is 6.01. The number of hydrogen-bond donors (Lipinski definition) is 1. The molecule has 0 aliphatic heterocycles. The van der Waals surface area contributed by atoms with Gasteiger partial charge in [0.15, 0.2) is 0 Å². The van der Waals surface area contributed by atoms with Gasteiger partial charge >= 0.3 is 5.97 Å². The van der Waals surface area contributed by atoms with Crippen LogP contribution in [-0.4, -0.2) is 24.5 Å². The van der Waals surface area contributed by atoms with Crippen molar-refractivity contribution in [3.8, 4) is 11.1 Å². The van der Waals surface area contributed by atoms with Crippen molar-refractivity contribution < 1.29 is 14.3 Å². The lowest BCUT2D eigenvalue weighted by Gasteiger charge is -2.38. The highest BCUT2D eigenvalue weighted by atomic mass is 35.5. The van der Waals surface area contributed by atoms with Gasteiger partial charge in [-0.25, -0.2) is 4.79 Å². The molecule has 3 rings (SSSR count). The fraction of sp³-hybridized carbons (Fsp3) is 0.440. The second-order valence-electron chi connectivity index (χ2n) is 8.60. The third-order valence-corrected chi connectivity index (χ3v) is 6.39. The van der Waals surface area contributed by atoms with Gasteiger partial charge in [-0.1, -0.05) is 55.6 Å². The van der Waals surface area contributed by atoms with Gasteiger partial charge in [-0.05, 0) is 72.6 Å². The largest absolute Gasteiger partial charge is 0.467 e. The molecule has 160 valence electrons. The number of hydrogen-bond acceptors (Lipinski definition) is 3. The zero-order valence-corrected chi connectivity index (χ0v) is 18.9. The summed E-state index contributed by atoms with van der Waals surface area (Å²) in [6, 6.07) is 11.9. The number of nitrogens with one attached hydrogen (secondary N) is 1. The van der Waals surface area contributed by atoms with Crippen molar-refractivity contribution in [2.24, 2.45) is 5.92 Å². The Bertz CT molecular complexity index is 938. The molecule has 0 radical (unpaired) electrons. The van der Waals surface area contributed by atoms with Crippen LogP contribution in [0.1, 0.15) is 49.3 Å². The van der Waals surface area contributed by atoms with Crippen LogP contribution in [0.5, 0.6) is 0 Å². The first-order chi connectivity index (χ1) is 14.2. The van der Waals surface area contributed by atoms with Crippen LogP contribution in [0, 0.1) is 19.8 Å². The van der Waals surface area contributed by atoms with Crippen LogP contribution < -0.4 is 5.32 Å². The molecule has 1 saturated carbocycles. The van der Waals surface area contributed by atoms with E-state index in [1.807, 2.05) is 38.1 Å². The van der Waals surface area contributed by atoms with Crippen LogP contribution in [0.4, 0.5) is 0 Å². The lowest BCUT2D eigenvalue weighted by molar-refractivity contribution is -0.153. The third-order valence-electron chi connectivity index (χ3n) is 6.14. The summed E-state index contributed by atoms with van der Waals surface area (Å²) in [6.45, 7) is 6.18. The maximum atomic E-state index is 12.9. The number of ether oxygens (including phenoxy) is 1. The molecule has 1 aliphatic carbocycles. The van der Waals surface area contributed by atoms with Crippen LogP contribution >= 0.6 is 11.6 Å². The summed E-state index contributed by atoms with van der Waals surface area (Å²) in [7, 11) is 1.39. The summed E-state index contributed by atoms with van der Waals surface area (Å²) < 4.78 is 5.05. The minimum Gasteiger partial charge on any atom is -0.467 e. The first kappa shape index (κ1) is 22.4. The van der Waals surface area contributed by atoms with Gasteiger partial charge in [-0.15, -0.1) is 0 Å². The highest BCUT2D eigenvalue weighted by Gasteiger charge is 2.44. The van der Waals surface area contributed by atoms with Crippen LogP contribution in [0.25, 0.3) is 11.1 Å². The van der Waals surface area contributed by atoms with E-state index < -0.39 is 5.54 Å². The lowest BCUT2D eigenvalue weighted by Crippen LogP contribution is -2.57. The summed E-state index contributed by atoms with van der Waals surface area (Å²) in [5.41, 5.74) is 4.42. The Morgan fingerprint density at radius 1 is 1.17 bits per heavy atom. The average Bonchev–Trinajstić information content (AvgIpc) is 2.70. The fourth-order valence-corrected chi connectivity index (χ4v) is 4.71. The maximum Gasteiger partial charge on any atom is 0.331 e. The van der Waals surface area contributed by atoms with Gasteiger partial charge < -0.3 is 10.1 Å². The Morgan fingerprint density at radius 2 is 1.87 bits per heavy atom. The normalized spacial score (nSPS) is 21.2. The Morgan fingerprint density at radius 3 is 2.50 bits per heavy atom. The van der Waals surface area contributed by atoms with E-state index in [-0.39, 0.29) is 18.3 Å². The molecule has 30 heavy (non-hydrogen) atoms. The molecule has 0 heterocycles. The lowest BCUT2D eigenvalue weighted by atomic mass is 9.76. The molecule has 2 aromatic carbocycles. The first-order valence-electron chi connectivity index (χ1n) is 10.5. The van der Waals surface area contributed by atoms with Crippen molar-refractivity contribution in [2.45, 2.75) is 58.4 Å². The molecule has 1 fully saturated rings. The van der Waals surface area contributed by atoms with E-state index in [4.69, 9.17) is 16.3 Å². The number of methoxy groups -OCH3 is 1. The van der Waals surface area contributed by atoms with Gasteiger partial charge in [-0.2, -0.15) is 0 Å². The van der Waals surface area contributed by atoms with Crippen molar-refractivity contribution in [1.82, 2.24) is 5.32 Å². The molecule has 2 unspecified atom stereocenters. The molecule has 0 aromatic heterocycles. The maximum absolute atomic E-state index is 12.9. The second kappa shape index (κ2) is 9.22. The number of benzene rings is 2. The third kappa shape index (κ3) is 4.86. The Hall–Kier alpha value is -2.33. The van der Waals surface area contributed by atoms with Crippen molar-refractivity contribution in [1.29, 1.82) is 0 Å². The Balaban J connectivity index is 1.80. The Labute approximate surface area is 184 Å². The van der Waals surface area contributed by atoms with E-state index in [1.54, 1.807) is 0 Å². The number of halogens is 1. The Kier molecular flexibility index (Phi) is 6.87. The second-order valence-corrected chi connectivity index (χ2v) is 9.04. The van der Waals surface area contributed by atoms with Gasteiger partial charge in [0.1, 0.15) is 5.54 Å². The molecule has 0 spiro atoms. The number of amides is 1. The molecule has 1 aliphatic rings. The summed E-state index contributed by atoms with van der Waals surface area (Å²) in [4.78, 5) is 25.5. The summed E-state index contributed by atoms with van der Waals surface area (Å²) in [5, 5.41) is 3.74. The van der Waals surface area contributed by atoms with Gasteiger partial charge in [0.25, 0.3) is 0 Å². The van der Waals surface area contributed by atoms with E-state index >= 15 is 0 Å². The molecule has 5 heteroatoms. The van der Waals surface area contributed by atoms with Crippen molar-refractivity contribution in [2.75, 3.05) is 7.11 Å². The van der Waals surface area contributed by atoms with Crippen LogP contribution in [-0.2, 0) is 20.7 Å². The van der Waals surface area contributed by atoms with E-state index in [0.29, 0.717) is 23.8 Å². The molecule has 1 N–H and O–H groups in total. The van der Waals surface area contributed by atoms with E-state index in [1.165, 1.54) is 7.11 Å². The topological polar surface area (TPSA) is 55.4 Å². The molecule has 2 aromatic rings. The molecule has 0 bridgehead atoms. The molecular weight excluding hydrogens is 398 g/mol. The number of aryl methyl sites for hydroxylation is 2. The zero-order chi connectivity index (χ0) is 21.9. The number of esters is 1. The van der Waals surface area contributed by atoms with Crippen molar-refractivity contribution >= 4 is 23.5 Å². The van der Waals surface area contributed by atoms with Crippen LogP contribution in [0.15, 0.2) is 36.4 Å². The van der Waals surface area contributed by atoms with E-state index in [0.717, 1.165) is 40.7 Å². The van der Waals surface area contributed by atoms with Crippen molar-refractivity contribution in [3.63, 3.8) is 0 Å². The molecule has 2 atom stereocenters. The summed E-state index contributed by atoms with van der Waals surface area (Å²) in [5.74, 6) is -0.106. The van der Waals surface area contributed by atoms with Gasteiger partial charge in [0.2, 0.25) is 5.91 Å². The predicted molar refractivity (Wildman–Crippen MR) is 121 cm³/mol. The van der Waals surface area contributed by atoms with Gasteiger partial charge in [0, 0.05) is 5.02 Å². The van der Waals surface area contributed by atoms with E-state index in [2.05, 4.69) is 24.4 Å². The van der Waals surface area contributed by atoms with E-state index in [9.17, 15) is 9.59 Å². The van der Waals surface area contributed by atoms with Gasteiger partial charge in [-0.3, -0.25) is 4.79 Å². The monoisotopic (exact) mass is 427 g/mol. The average molecular weight is 428 g/mol. The first-order valence-corrected chi connectivity index (χ1v) is 10.9. The fourth-order valence-electron chi connectivity index (χ4n) is 4.59. The minimum absolute atomic E-state index is 0.142. The standard InChI is InChI=1S/C25H30ClNO3/c1-16-6-5-11-25(15-16,24(29)30-4)27-23(28)14-20-12-18(3)22(13-17(20)2)19-7-9-21(26)10-8-19/h7-10,12-13,16H,5-6,11,14-15H2,1-4H3,(H,27,28). The number of carbonyl (C=O) groups is 2. The minimum atomic E-state index is -0.907. The molecule has 4 nitrogen and oxygen atoms in total. The molecular formula is C25H30ClNO3.